The highest BCUT2D eigenvalue weighted by Crippen LogP contribution is 2.29. The molecule has 0 aliphatic heterocycles. The van der Waals surface area contributed by atoms with Gasteiger partial charge in [-0.3, -0.25) is 14.8 Å². The van der Waals surface area contributed by atoms with Crippen molar-refractivity contribution in [1.29, 1.82) is 0 Å². The number of anilines is 1. The normalized spacial score (nSPS) is 11.2. The van der Waals surface area contributed by atoms with Crippen molar-refractivity contribution in [2.45, 2.75) is 24.7 Å². The van der Waals surface area contributed by atoms with Crippen LogP contribution in [0, 0.1) is 10.1 Å². The first kappa shape index (κ1) is 16.8. The number of hydrogen-bond acceptors (Lipinski definition) is 5. The average Bonchev–Trinajstić information content (AvgIpc) is 2.50. The number of hydrogen-bond donors (Lipinski definition) is 2. The van der Waals surface area contributed by atoms with E-state index in [1.54, 1.807) is 12.1 Å². The van der Waals surface area contributed by atoms with E-state index in [4.69, 9.17) is 0 Å². The van der Waals surface area contributed by atoms with E-state index in [-0.39, 0.29) is 22.0 Å². The molecule has 2 rings (SSSR count). The lowest BCUT2D eigenvalue weighted by Crippen LogP contribution is -2.13. The number of nitrogens with one attached hydrogen (secondary N) is 1. The number of aryl methyl sites for hydroxylation is 1. The molecule has 2 N–H and O–H groups in total. The van der Waals surface area contributed by atoms with Crippen LogP contribution in [0.25, 0.3) is 0 Å². The van der Waals surface area contributed by atoms with Crippen LogP contribution in [0.5, 0.6) is 5.75 Å². The zero-order chi connectivity index (χ0) is 17.0. The lowest BCUT2D eigenvalue weighted by atomic mass is 10.1. The summed E-state index contributed by atoms with van der Waals surface area (Å²) in [5.41, 5.74) is 0.459. The second-order valence-electron chi connectivity index (χ2n) is 4.96. The van der Waals surface area contributed by atoms with E-state index in [9.17, 15) is 23.6 Å². The molecule has 122 valence electrons. The number of nitro groups is 1. The van der Waals surface area contributed by atoms with Crippen LogP contribution in [0.3, 0.4) is 0 Å². The summed E-state index contributed by atoms with van der Waals surface area (Å²) in [6.45, 7) is 2.03. The second kappa shape index (κ2) is 6.66. The van der Waals surface area contributed by atoms with Gasteiger partial charge in [-0.2, -0.15) is 0 Å². The number of aromatic hydroxyl groups is 1. The summed E-state index contributed by atoms with van der Waals surface area (Å²) in [7, 11) is -3.94. The van der Waals surface area contributed by atoms with Crippen LogP contribution in [0.2, 0.25) is 0 Å². The number of non-ortho nitro benzene ring substituents is 1. The van der Waals surface area contributed by atoms with E-state index in [1.807, 2.05) is 6.92 Å². The van der Waals surface area contributed by atoms with Crippen molar-refractivity contribution in [2.24, 2.45) is 0 Å². The zero-order valence-corrected chi connectivity index (χ0v) is 13.2. The van der Waals surface area contributed by atoms with Gasteiger partial charge in [-0.05, 0) is 30.2 Å². The molecule has 0 aromatic heterocycles. The molecule has 23 heavy (non-hydrogen) atoms. The first-order valence-electron chi connectivity index (χ1n) is 6.92. The van der Waals surface area contributed by atoms with Crippen LogP contribution in [0.1, 0.15) is 18.9 Å². The molecule has 2 aromatic carbocycles. The van der Waals surface area contributed by atoms with Crippen molar-refractivity contribution >= 4 is 21.4 Å². The van der Waals surface area contributed by atoms with Crippen molar-refractivity contribution < 1.29 is 18.4 Å². The average molecular weight is 336 g/mol. The topological polar surface area (TPSA) is 110 Å². The fraction of sp³-hybridized carbons (Fsp3) is 0.200. The Hall–Kier alpha value is -2.61. The largest absolute Gasteiger partial charge is 0.506 e. The van der Waals surface area contributed by atoms with Crippen molar-refractivity contribution in [3.05, 3.63) is 58.1 Å². The van der Waals surface area contributed by atoms with E-state index in [2.05, 4.69) is 4.72 Å². The van der Waals surface area contributed by atoms with Gasteiger partial charge in [-0.25, -0.2) is 8.42 Å². The van der Waals surface area contributed by atoms with Crippen LogP contribution < -0.4 is 4.72 Å². The number of benzene rings is 2. The molecule has 0 bridgehead atoms. The number of sulfonamides is 1. The molecule has 0 aliphatic rings. The lowest BCUT2D eigenvalue weighted by Gasteiger charge is -2.10. The van der Waals surface area contributed by atoms with Crippen LogP contribution in [-0.4, -0.2) is 18.4 Å². The van der Waals surface area contributed by atoms with Crippen molar-refractivity contribution in [3.8, 4) is 5.75 Å². The number of nitro benzene ring substituents is 1. The van der Waals surface area contributed by atoms with Gasteiger partial charge >= 0.3 is 0 Å². The Morgan fingerprint density at radius 2 is 1.83 bits per heavy atom. The number of phenolic OH excluding ortho intramolecular Hbond substituents is 1. The van der Waals surface area contributed by atoms with Crippen molar-refractivity contribution in [1.82, 2.24) is 0 Å². The smallest absolute Gasteiger partial charge is 0.271 e. The van der Waals surface area contributed by atoms with E-state index < -0.39 is 14.9 Å². The van der Waals surface area contributed by atoms with Crippen LogP contribution >= 0.6 is 0 Å². The lowest BCUT2D eigenvalue weighted by molar-refractivity contribution is -0.384. The molecule has 0 saturated heterocycles. The van der Waals surface area contributed by atoms with E-state index in [0.29, 0.717) is 0 Å². The molecule has 0 saturated carbocycles. The SMILES string of the molecule is CCCc1ccc(S(=O)(=O)Nc2cc([N+](=O)[O-])ccc2O)cc1. The summed E-state index contributed by atoms with van der Waals surface area (Å²) < 4.78 is 26.8. The van der Waals surface area contributed by atoms with Gasteiger partial charge in [0.15, 0.2) is 0 Å². The fourth-order valence-electron chi connectivity index (χ4n) is 2.05. The summed E-state index contributed by atoms with van der Waals surface area (Å²) in [5.74, 6) is -0.387. The molecule has 0 heterocycles. The van der Waals surface area contributed by atoms with Gasteiger partial charge in [0, 0.05) is 12.1 Å². The molecule has 0 radical (unpaired) electrons. The molecule has 0 unspecified atom stereocenters. The molecular weight excluding hydrogens is 320 g/mol. The molecule has 7 nitrogen and oxygen atoms in total. The molecule has 0 aliphatic carbocycles. The molecule has 0 amide bonds. The minimum Gasteiger partial charge on any atom is -0.506 e. The Bertz CT molecular complexity index is 816. The fourth-order valence-corrected chi connectivity index (χ4v) is 3.11. The van der Waals surface area contributed by atoms with Gasteiger partial charge in [-0.1, -0.05) is 25.5 Å². The van der Waals surface area contributed by atoms with Gasteiger partial charge in [-0.15, -0.1) is 0 Å². The molecule has 2 aromatic rings. The minimum atomic E-state index is -3.94. The summed E-state index contributed by atoms with van der Waals surface area (Å²) in [6.07, 6.45) is 1.80. The van der Waals surface area contributed by atoms with Crippen molar-refractivity contribution in [2.75, 3.05) is 4.72 Å². The van der Waals surface area contributed by atoms with Gasteiger partial charge in [0.2, 0.25) is 0 Å². The van der Waals surface area contributed by atoms with Crippen LogP contribution in [0.4, 0.5) is 11.4 Å². The monoisotopic (exact) mass is 336 g/mol. The standard InChI is InChI=1S/C15H16N2O5S/c1-2-3-11-4-7-13(8-5-11)23(21,22)16-14-10-12(17(19)20)6-9-15(14)18/h4-10,16,18H,2-3H2,1H3. The van der Waals surface area contributed by atoms with Gasteiger partial charge in [0.1, 0.15) is 5.75 Å². The van der Waals surface area contributed by atoms with Gasteiger partial charge in [0.05, 0.1) is 15.5 Å². The third-order valence-corrected chi connectivity index (χ3v) is 4.59. The highest BCUT2D eigenvalue weighted by Gasteiger charge is 2.18. The second-order valence-corrected chi connectivity index (χ2v) is 6.64. The number of rotatable bonds is 6. The molecule has 8 heteroatoms. The maximum absolute atomic E-state index is 12.3. The Labute approximate surface area is 133 Å². The predicted octanol–water partition coefficient (Wildman–Crippen LogP) is 3.05. The van der Waals surface area contributed by atoms with Gasteiger partial charge < -0.3 is 5.11 Å². The molecule has 0 fully saturated rings. The highest BCUT2D eigenvalue weighted by molar-refractivity contribution is 7.92. The zero-order valence-electron chi connectivity index (χ0n) is 12.4. The molecule has 0 spiro atoms. The first-order valence-corrected chi connectivity index (χ1v) is 8.41. The Balaban J connectivity index is 2.30. The Morgan fingerprint density at radius 1 is 1.17 bits per heavy atom. The number of nitrogens with zero attached hydrogens (tertiary/aromatic N) is 1. The molecule has 0 atom stereocenters. The first-order chi connectivity index (χ1) is 10.8. The Morgan fingerprint density at radius 3 is 2.39 bits per heavy atom. The van der Waals surface area contributed by atoms with Gasteiger partial charge in [0.25, 0.3) is 15.7 Å². The molecular formula is C15H16N2O5S. The summed E-state index contributed by atoms with van der Waals surface area (Å²) in [5, 5.41) is 20.4. The van der Waals surface area contributed by atoms with E-state index in [1.165, 1.54) is 12.1 Å². The third-order valence-electron chi connectivity index (χ3n) is 3.21. The predicted molar refractivity (Wildman–Crippen MR) is 86.0 cm³/mol. The number of phenols is 1. The maximum Gasteiger partial charge on any atom is 0.271 e. The van der Waals surface area contributed by atoms with Crippen LogP contribution in [0.15, 0.2) is 47.4 Å². The minimum absolute atomic E-state index is 0.0169. The maximum atomic E-state index is 12.3. The quantitative estimate of drug-likeness (QED) is 0.478. The third kappa shape index (κ3) is 3.98. The summed E-state index contributed by atoms with van der Waals surface area (Å²) in [6, 6.07) is 9.48. The van der Waals surface area contributed by atoms with Crippen molar-refractivity contribution in [3.63, 3.8) is 0 Å². The summed E-state index contributed by atoms with van der Waals surface area (Å²) >= 11 is 0. The highest BCUT2D eigenvalue weighted by atomic mass is 32.2. The van der Waals surface area contributed by atoms with Crippen LogP contribution in [-0.2, 0) is 16.4 Å². The Kier molecular flexibility index (Phi) is 4.85. The van der Waals surface area contributed by atoms with E-state index in [0.717, 1.165) is 36.6 Å². The van der Waals surface area contributed by atoms with E-state index >= 15 is 0 Å². The summed E-state index contributed by atoms with van der Waals surface area (Å²) in [4.78, 5) is 10.1.